The predicted molar refractivity (Wildman–Crippen MR) is 134 cm³/mol. The molecule has 36 heavy (non-hydrogen) atoms. The van der Waals surface area contributed by atoms with Crippen LogP contribution in [-0.4, -0.2) is 22.3 Å². The van der Waals surface area contributed by atoms with Gasteiger partial charge in [0.2, 0.25) is 0 Å². The first-order chi connectivity index (χ1) is 17.2. The maximum Gasteiger partial charge on any atom is 0.344 e. The van der Waals surface area contributed by atoms with E-state index in [4.69, 9.17) is 27.6 Å². The molecular formula is C28H18Cl2N2O4. The summed E-state index contributed by atoms with van der Waals surface area (Å²) in [7, 11) is 0. The van der Waals surface area contributed by atoms with Crippen LogP contribution in [0, 0.1) is 33.5 Å². The highest BCUT2D eigenvalue weighted by atomic mass is 35.5. The minimum absolute atomic E-state index is 0.0324. The third-order valence-corrected chi connectivity index (χ3v) is 8.19. The quantitative estimate of drug-likeness (QED) is 0.443. The number of hydrogen-bond donors (Lipinski definition) is 0. The lowest BCUT2D eigenvalue weighted by Gasteiger charge is -2.55. The van der Waals surface area contributed by atoms with E-state index in [0.29, 0.717) is 11.1 Å². The highest BCUT2D eigenvalue weighted by Crippen LogP contribution is 2.71. The van der Waals surface area contributed by atoms with Crippen LogP contribution in [0.25, 0.3) is 22.5 Å². The molecule has 0 aromatic heterocycles. The molecule has 0 saturated heterocycles. The van der Waals surface area contributed by atoms with E-state index in [9.17, 15) is 24.9 Å². The van der Waals surface area contributed by atoms with Gasteiger partial charge in [0.05, 0.1) is 17.7 Å². The number of nitriles is 2. The van der Waals surface area contributed by atoms with Crippen LogP contribution in [-0.2, 0) is 9.59 Å². The zero-order chi connectivity index (χ0) is 26.0. The molecule has 4 unspecified atom stereocenters. The Hall–Kier alpha value is -3.71. The zero-order valence-corrected chi connectivity index (χ0v) is 20.7. The first-order valence-corrected chi connectivity index (χ1v) is 12.1. The molecular weight excluding hydrogens is 499 g/mol. The Morgan fingerprint density at radius 3 is 2.00 bits per heavy atom. The Kier molecular flexibility index (Phi) is 5.45. The fourth-order valence-corrected chi connectivity index (χ4v) is 5.97. The average Bonchev–Trinajstić information content (AvgIpc) is 3.02. The van der Waals surface area contributed by atoms with E-state index in [0.717, 1.165) is 5.56 Å². The highest BCUT2D eigenvalue weighted by Gasteiger charge is 2.79. The van der Waals surface area contributed by atoms with Crippen molar-refractivity contribution in [1.29, 1.82) is 10.5 Å². The van der Waals surface area contributed by atoms with Crippen molar-refractivity contribution in [3.63, 3.8) is 0 Å². The Labute approximate surface area is 216 Å². The molecule has 4 aliphatic rings. The van der Waals surface area contributed by atoms with Gasteiger partial charge in [0, 0.05) is 11.1 Å². The molecule has 178 valence electrons. The SMILES string of the molecule is CC(C)c1cccc2oc(=O)c(C3=C(c4ccccc4)C4(C#N)C(=O)C(Cl)C(Cl)C(=O)C34C#N)c-2c1. The molecule has 1 aliphatic heterocycles. The number of hydrogen-bond acceptors (Lipinski definition) is 6. The number of rotatable bonds is 3. The molecule has 8 heteroatoms. The summed E-state index contributed by atoms with van der Waals surface area (Å²) in [5.41, 5.74) is -3.65. The van der Waals surface area contributed by atoms with E-state index in [2.05, 4.69) is 0 Å². The molecule has 1 saturated carbocycles. The van der Waals surface area contributed by atoms with E-state index in [1.54, 1.807) is 48.5 Å². The van der Waals surface area contributed by atoms with Gasteiger partial charge in [-0.25, -0.2) is 4.79 Å². The van der Waals surface area contributed by atoms with Crippen LogP contribution in [0.2, 0.25) is 0 Å². The van der Waals surface area contributed by atoms with Gasteiger partial charge in [-0.15, -0.1) is 23.2 Å². The summed E-state index contributed by atoms with van der Waals surface area (Å²) >= 11 is 12.5. The number of allylic oxidation sites excluding steroid dienone is 2. The van der Waals surface area contributed by atoms with Crippen molar-refractivity contribution in [2.24, 2.45) is 10.8 Å². The maximum absolute atomic E-state index is 13.7. The summed E-state index contributed by atoms with van der Waals surface area (Å²) in [6, 6.07) is 19.3. The topological polar surface area (TPSA) is 112 Å². The molecule has 6 nitrogen and oxygen atoms in total. The molecule has 0 radical (unpaired) electrons. The van der Waals surface area contributed by atoms with Crippen molar-refractivity contribution >= 4 is 45.9 Å². The second kappa shape index (κ2) is 8.17. The molecule has 0 bridgehead atoms. The van der Waals surface area contributed by atoms with E-state index in [1.165, 1.54) is 0 Å². The van der Waals surface area contributed by atoms with Gasteiger partial charge in [0.25, 0.3) is 0 Å². The lowest BCUT2D eigenvalue weighted by Crippen LogP contribution is -2.68. The number of alkyl halides is 2. The lowest BCUT2D eigenvalue weighted by molar-refractivity contribution is -0.140. The van der Waals surface area contributed by atoms with E-state index >= 15 is 0 Å². The Morgan fingerprint density at radius 1 is 0.861 bits per heavy atom. The third kappa shape index (κ3) is 2.75. The Morgan fingerprint density at radius 2 is 1.44 bits per heavy atom. The molecule has 4 atom stereocenters. The molecule has 1 aromatic rings. The fourth-order valence-electron chi connectivity index (χ4n) is 5.41. The molecule has 1 fully saturated rings. The summed E-state index contributed by atoms with van der Waals surface area (Å²) in [5, 5.41) is 17.9. The normalized spacial score (nSPS) is 27.4. The Balaban J connectivity index is 1.99. The minimum atomic E-state index is -2.33. The smallest absolute Gasteiger partial charge is 0.344 e. The summed E-state index contributed by atoms with van der Waals surface area (Å²) in [6.07, 6.45) is 0. The predicted octanol–water partition coefficient (Wildman–Crippen LogP) is 5.18. The van der Waals surface area contributed by atoms with Crippen molar-refractivity contribution in [3.8, 4) is 23.5 Å². The van der Waals surface area contributed by atoms with Crippen LogP contribution in [0.1, 0.15) is 36.5 Å². The number of benzene rings is 1. The third-order valence-electron chi connectivity index (χ3n) is 7.16. The molecule has 0 amide bonds. The summed E-state index contributed by atoms with van der Waals surface area (Å²) in [6.45, 7) is 3.97. The second-order valence-electron chi connectivity index (χ2n) is 9.24. The number of carbonyl (C=O) groups is 2. The largest absolute Gasteiger partial charge is 0.422 e. The number of halogens is 2. The van der Waals surface area contributed by atoms with Gasteiger partial charge in [-0.05, 0) is 34.8 Å². The van der Waals surface area contributed by atoms with Gasteiger partial charge < -0.3 is 4.42 Å². The van der Waals surface area contributed by atoms with E-state index in [-0.39, 0.29) is 28.4 Å². The standard InChI is InChI=1S/C28H18Cl2N2O4/c1-14(2)16-9-6-10-18-17(11-16)19(26(35)36-18)21-20(15-7-4-3-5-8-15)27(12-31)24(33)22(29)23(30)25(34)28(21,27)13-32/h3-11,14,22-23H,1-2H3. The highest BCUT2D eigenvalue weighted by molar-refractivity contribution is 6.50. The van der Waals surface area contributed by atoms with Crippen molar-refractivity contribution in [2.45, 2.75) is 30.5 Å². The molecule has 5 rings (SSSR count). The zero-order valence-electron chi connectivity index (χ0n) is 19.2. The molecule has 0 spiro atoms. The molecule has 1 heterocycles. The first kappa shape index (κ1) is 24.0. The minimum Gasteiger partial charge on any atom is -0.422 e. The van der Waals surface area contributed by atoms with Crippen molar-refractivity contribution < 1.29 is 14.0 Å². The van der Waals surface area contributed by atoms with Crippen LogP contribution in [0.15, 0.2) is 63.8 Å². The number of nitrogens with zero attached hydrogens (tertiary/aromatic N) is 2. The van der Waals surface area contributed by atoms with Crippen molar-refractivity contribution in [1.82, 2.24) is 0 Å². The summed E-state index contributed by atoms with van der Waals surface area (Å²) in [5.74, 6) is -1.39. The number of fused-ring (bicyclic) bond motifs is 2. The van der Waals surface area contributed by atoms with Crippen LogP contribution < -0.4 is 5.63 Å². The number of ketones is 2. The van der Waals surface area contributed by atoms with Gasteiger partial charge in [0.15, 0.2) is 22.4 Å². The average molecular weight is 517 g/mol. The van der Waals surface area contributed by atoms with Gasteiger partial charge in [-0.2, -0.15) is 10.5 Å². The number of carbonyl (C=O) groups excluding carboxylic acids is 2. The van der Waals surface area contributed by atoms with E-state index in [1.807, 2.05) is 32.1 Å². The molecule has 3 aliphatic carbocycles. The van der Waals surface area contributed by atoms with Gasteiger partial charge in [-0.3, -0.25) is 9.59 Å². The van der Waals surface area contributed by atoms with Crippen LogP contribution in [0.3, 0.4) is 0 Å². The molecule has 0 N–H and O–H groups in total. The number of furan rings is 1. The van der Waals surface area contributed by atoms with Crippen molar-refractivity contribution in [3.05, 3.63) is 81.7 Å². The first-order valence-electron chi connectivity index (χ1n) is 11.2. The summed E-state index contributed by atoms with van der Waals surface area (Å²) < 4.78 is 5.54. The molecule has 1 aromatic carbocycles. The number of Topliss-reactive ketones (excluding diaryl/α,β-unsaturated/α-hetero) is 2. The fraction of sp³-hybridized carbons (Fsp3) is 0.250. The van der Waals surface area contributed by atoms with Gasteiger partial charge in [0.1, 0.15) is 16.5 Å². The lowest BCUT2D eigenvalue weighted by atomic mass is 9.39. The van der Waals surface area contributed by atoms with Crippen LogP contribution in [0.5, 0.6) is 0 Å². The Bertz CT molecular complexity index is 1590. The van der Waals surface area contributed by atoms with E-state index < -0.39 is 38.8 Å². The van der Waals surface area contributed by atoms with Gasteiger partial charge >= 0.3 is 5.63 Å². The monoisotopic (exact) mass is 516 g/mol. The van der Waals surface area contributed by atoms with Crippen LogP contribution >= 0.6 is 23.2 Å². The maximum atomic E-state index is 13.7. The van der Waals surface area contributed by atoms with Crippen molar-refractivity contribution in [2.75, 3.05) is 0 Å². The van der Waals surface area contributed by atoms with Crippen LogP contribution in [0.4, 0.5) is 0 Å². The summed E-state index contributed by atoms with van der Waals surface area (Å²) in [4.78, 5) is 40.7. The van der Waals surface area contributed by atoms with Gasteiger partial charge in [-0.1, -0.05) is 56.3 Å². The second-order valence-corrected chi connectivity index (χ2v) is 10.2.